The molecule has 2 saturated heterocycles. The molecule has 42 heavy (non-hydrogen) atoms. The predicted molar refractivity (Wildman–Crippen MR) is 155 cm³/mol. The fraction of sp³-hybridized carbons (Fsp3) is 0.290. The van der Waals surface area contributed by atoms with Crippen LogP contribution < -0.4 is 15.0 Å². The Morgan fingerprint density at radius 1 is 1.00 bits per heavy atom. The van der Waals surface area contributed by atoms with Crippen LogP contribution >= 0.6 is 15.9 Å². The van der Waals surface area contributed by atoms with Crippen LogP contribution in [0.1, 0.15) is 39.9 Å². The Hall–Kier alpha value is -4.27. The van der Waals surface area contributed by atoms with Crippen LogP contribution in [0.25, 0.3) is 0 Å². The molecule has 0 aliphatic carbocycles. The summed E-state index contributed by atoms with van der Waals surface area (Å²) in [6.45, 7) is 3.54. The summed E-state index contributed by atoms with van der Waals surface area (Å²) in [6.07, 6.45) is 0.438. The molecule has 1 unspecified atom stereocenters. The van der Waals surface area contributed by atoms with Crippen molar-refractivity contribution in [1.29, 1.82) is 5.26 Å². The fourth-order valence-electron chi connectivity index (χ4n) is 5.68. The van der Waals surface area contributed by atoms with Crippen LogP contribution in [0.5, 0.6) is 11.5 Å². The molecule has 3 aliphatic heterocycles. The Balaban J connectivity index is 1.09. The minimum Gasteiger partial charge on any atom is -0.457 e. The number of anilines is 1. The first kappa shape index (κ1) is 27.9. The van der Waals surface area contributed by atoms with E-state index in [1.165, 1.54) is 11.0 Å². The zero-order chi connectivity index (χ0) is 29.4. The second kappa shape index (κ2) is 11.5. The third kappa shape index (κ3) is 5.60. The van der Waals surface area contributed by atoms with Crippen LogP contribution in [0.15, 0.2) is 59.1 Å². The highest BCUT2D eigenvalue weighted by Gasteiger charge is 2.40. The second-order valence-corrected chi connectivity index (χ2v) is 11.5. The lowest BCUT2D eigenvalue weighted by Gasteiger charge is -2.36. The Kier molecular flexibility index (Phi) is 7.66. The Morgan fingerprint density at radius 2 is 1.74 bits per heavy atom. The minimum atomic E-state index is -0.731. The highest BCUT2D eigenvalue weighted by atomic mass is 79.9. The third-order valence-electron chi connectivity index (χ3n) is 7.93. The normalized spacial score (nSPS) is 19.0. The predicted octanol–water partition coefficient (Wildman–Crippen LogP) is 4.34. The SMILES string of the molecule is N#Cc1ccc(Oc2ccc(Br)c(CN3CCN(c4cc5c(cc4F)C(=O)N(C4CCC(=O)NC4=O)C5)CC3)c2)cc1. The average molecular weight is 632 g/mol. The molecule has 3 heterocycles. The van der Waals surface area contributed by atoms with Crippen LogP contribution in [0.3, 0.4) is 0 Å². The molecular weight excluding hydrogens is 605 g/mol. The first-order valence-corrected chi connectivity index (χ1v) is 14.5. The molecule has 0 saturated carbocycles. The zero-order valence-electron chi connectivity index (χ0n) is 22.6. The topological polar surface area (TPSA) is 106 Å². The Labute approximate surface area is 250 Å². The molecule has 1 N–H and O–H groups in total. The van der Waals surface area contributed by atoms with Crippen molar-refractivity contribution in [3.8, 4) is 17.6 Å². The van der Waals surface area contributed by atoms with Crippen molar-refractivity contribution in [2.24, 2.45) is 0 Å². The van der Waals surface area contributed by atoms with Crippen LogP contribution in [0.4, 0.5) is 10.1 Å². The molecule has 0 spiro atoms. The standard InChI is InChI=1S/C31H27BrFN5O4/c32-25-6-5-23(42-22-3-1-19(16-34)2-4-22)13-21(25)17-36-9-11-37(12-10-36)28-14-20-18-38(31(41)24(20)15-26(28)33)27-7-8-29(39)35-30(27)40/h1-6,13-15,27H,7-12,17-18H2,(H,35,39,40). The van der Waals surface area contributed by atoms with Gasteiger partial charge in [0.25, 0.3) is 5.91 Å². The van der Waals surface area contributed by atoms with Gasteiger partial charge in [0.2, 0.25) is 11.8 Å². The quantitative estimate of drug-likeness (QED) is 0.404. The molecule has 0 aromatic heterocycles. The van der Waals surface area contributed by atoms with E-state index in [1.807, 2.05) is 23.1 Å². The fourth-order valence-corrected chi connectivity index (χ4v) is 6.05. The number of rotatable bonds is 6. The number of ether oxygens (including phenoxy) is 1. The lowest BCUT2D eigenvalue weighted by molar-refractivity contribution is -0.136. The molecule has 3 aliphatic rings. The lowest BCUT2D eigenvalue weighted by atomic mass is 10.0. The third-order valence-corrected chi connectivity index (χ3v) is 8.71. The minimum absolute atomic E-state index is 0.172. The summed E-state index contributed by atoms with van der Waals surface area (Å²) in [5.41, 5.74) is 3.04. The number of amides is 3. The number of piperidine rings is 1. The molecule has 3 amide bonds. The largest absolute Gasteiger partial charge is 0.457 e. The highest BCUT2D eigenvalue weighted by molar-refractivity contribution is 9.10. The van der Waals surface area contributed by atoms with Gasteiger partial charge in [-0.1, -0.05) is 15.9 Å². The van der Waals surface area contributed by atoms with E-state index >= 15 is 4.39 Å². The number of halogens is 2. The van der Waals surface area contributed by atoms with Gasteiger partial charge in [-0.2, -0.15) is 5.26 Å². The smallest absolute Gasteiger partial charge is 0.255 e. The van der Waals surface area contributed by atoms with Gasteiger partial charge >= 0.3 is 0 Å². The van der Waals surface area contributed by atoms with Crippen molar-refractivity contribution >= 4 is 39.3 Å². The van der Waals surface area contributed by atoms with E-state index in [2.05, 4.69) is 32.2 Å². The molecule has 2 fully saturated rings. The molecule has 214 valence electrons. The number of imide groups is 1. The van der Waals surface area contributed by atoms with E-state index in [4.69, 9.17) is 10.00 Å². The zero-order valence-corrected chi connectivity index (χ0v) is 24.2. The number of benzene rings is 3. The summed E-state index contributed by atoms with van der Waals surface area (Å²) in [4.78, 5) is 42.6. The molecule has 3 aromatic rings. The van der Waals surface area contributed by atoms with Crippen molar-refractivity contribution in [3.05, 3.63) is 87.1 Å². The lowest BCUT2D eigenvalue weighted by Crippen LogP contribution is -2.52. The van der Waals surface area contributed by atoms with Crippen molar-refractivity contribution < 1.29 is 23.5 Å². The van der Waals surface area contributed by atoms with E-state index in [0.717, 1.165) is 10.0 Å². The van der Waals surface area contributed by atoms with Crippen LogP contribution in [-0.4, -0.2) is 59.7 Å². The van der Waals surface area contributed by atoms with Crippen LogP contribution in [0, 0.1) is 17.1 Å². The first-order chi connectivity index (χ1) is 20.3. The summed E-state index contributed by atoms with van der Waals surface area (Å²) >= 11 is 3.64. The van der Waals surface area contributed by atoms with Gasteiger partial charge in [0.05, 0.1) is 17.3 Å². The van der Waals surface area contributed by atoms with Crippen molar-refractivity contribution in [3.63, 3.8) is 0 Å². The number of nitrogens with zero attached hydrogens (tertiary/aromatic N) is 4. The molecule has 0 bridgehead atoms. The first-order valence-electron chi connectivity index (χ1n) is 13.7. The number of carbonyl (C=O) groups is 3. The molecule has 6 rings (SSSR count). The van der Waals surface area contributed by atoms with Gasteiger partial charge in [-0.05, 0) is 72.1 Å². The summed E-state index contributed by atoms with van der Waals surface area (Å²) in [5.74, 6) is -0.333. The van der Waals surface area contributed by atoms with Gasteiger partial charge in [0.15, 0.2) is 0 Å². The molecule has 0 radical (unpaired) electrons. The highest BCUT2D eigenvalue weighted by Crippen LogP contribution is 2.33. The van der Waals surface area contributed by atoms with Crippen LogP contribution in [0.2, 0.25) is 0 Å². The van der Waals surface area contributed by atoms with Crippen molar-refractivity contribution in [1.82, 2.24) is 15.1 Å². The molecule has 9 nitrogen and oxygen atoms in total. The van der Waals surface area contributed by atoms with Crippen LogP contribution in [-0.2, 0) is 22.7 Å². The number of nitrogens with one attached hydrogen (secondary N) is 1. The van der Waals surface area contributed by atoms with Crippen molar-refractivity contribution in [2.75, 3.05) is 31.1 Å². The van der Waals surface area contributed by atoms with E-state index in [9.17, 15) is 14.4 Å². The molecule has 11 heteroatoms. The molecule has 1 atom stereocenters. The summed E-state index contributed by atoms with van der Waals surface area (Å²) in [7, 11) is 0. The van der Waals surface area contributed by atoms with E-state index < -0.39 is 17.8 Å². The number of piperazine rings is 1. The van der Waals surface area contributed by atoms with Gasteiger partial charge in [0.1, 0.15) is 23.4 Å². The molecule has 3 aromatic carbocycles. The summed E-state index contributed by atoms with van der Waals surface area (Å²) in [5, 5.41) is 11.3. The van der Waals surface area contributed by atoms with E-state index in [0.29, 0.717) is 61.0 Å². The monoisotopic (exact) mass is 631 g/mol. The summed E-state index contributed by atoms with van der Waals surface area (Å²) < 4.78 is 22.2. The van der Waals surface area contributed by atoms with Gasteiger partial charge in [-0.15, -0.1) is 0 Å². The number of fused-ring (bicyclic) bond motifs is 1. The molecular formula is C31H27BrFN5O4. The van der Waals surface area contributed by atoms with E-state index in [-0.39, 0.29) is 36.8 Å². The van der Waals surface area contributed by atoms with Gasteiger partial charge in [-0.25, -0.2) is 4.39 Å². The maximum atomic E-state index is 15.3. The second-order valence-electron chi connectivity index (χ2n) is 10.6. The summed E-state index contributed by atoms with van der Waals surface area (Å²) in [6, 6.07) is 17.1. The number of carbonyl (C=O) groups excluding carboxylic acids is 3. The Morgan fingerprint density at radius 3 is 2.45 bits per heavy atom. The van der Waals surface area contributed by atoms with Gasteiger partial charge in [-0.3, -0.25) is 24.6 Å². The number of nitriles is 1. The van der Waals surface area contributed by atoms with Gasteiger partial charge in [0, 0.05) is 55.7 Å². The Bertz CT molecular complexity index is 1610. The number of hydrogen-bond acceptors (Lipinski definition) is 7. The maximum Gasteiger partial charge on any atom is 0.255 e. The number of hydrogen-bond donors (Lipinski definition) is 1. The maximum absolute atomic E-state index is 15.3. The van der Waals surface area contributed by atoms with E-state index in [1.54, 1.807) is 30.3 Å². The average Bonchev–Trinajstić information content (AvgIpc) is 3.30. The van der Waals surface area contributed by atoms with Crippen molar-refractivity contribution in [2.45, 2.75) is 32.0 Å². The van der Waals surface area contributed by atoms with Gasteiger partial charge < -0.3 is 14.5 Å².